The molecule has 0 spiro atoms. The van der Waals surface area contributed by atoms with Crippen molar-refractivity contribution in [2.75, 3.05) is 23.0 Å². The van der Waals surface area contributed by atoms with Crippen LogP contribution in [0.25, 0.3) is 0 Å². The molecule has 1 amide bonds. The van der Waals surface area contributed by atoms with Gasteiger partial charge in [0.25, 0.3) is 0 Å². The quantitative estimate of drug-likeness (QED) is 0.425. The lowest BCUT2D eigenvalue weighted by Crippen LogP contribution is -2.25. The Labute approximate surface area is 155 Å². The van der Waals surface area contributed by atoms with E-state index in [9.17, 15) is 20.0 Å². The average molecular weight is 375 g/mol. The molecule has 2 rings (SSSR count). The maximum absolute atomic E-state index is 11.6. The van der Waals surface area contributed by atoms with Crippen LogP contribution in [0, 0.1) is 10.1 Å². The Bertz CT molecular complexity index is 815. The first-order chi connectivity index (χ1) is 12.8. The molecule has 0 aliphatic carbocycles. The maximum Gasteiger partial charge on any atom is 0.412 e. The number of hydrogen-bond donors (Lipinski definition) is 4. The van der Waals surface area contributed by atoms with Crippen LogP contribution in [-0.4, -0.2) is 33.8 Å². The number of nitrogens with two attached hydrogens (primary N) is 1. The summed E-state index contributed by atoms with van der Waals surface area (Å²) in [6.45, 7) is 3.45. The van der Waals surface area contributed by atoms with Gasteiger partial charge in [-0.25, -0.2) is 9.78 Å². The van der Waals surface area contributed by atoms with Gasteiger partial charge in [0.05, 0.1) is 23.7 Å². The fourth-order valence-electron chi connectivity index (χ4n) is 2.46. The zero-order valence-electron chi connectivity index (χ0n) is 14.9. The van der Waals surface area contributed by atoms with Crippen LogP contribution >= 0.6 is 0 Å². The molecule has 5 N–H and O–H groups in total. The summed E-state index contributed by atoms with van der Waals surface area (Å²) in [4.78, 5) is 26.1. The van der Waals surface area contributed by atoms with Gasteiger partial charge in [0.15, 0.2) is 0 Å². The Morgan fingerprint density at radius 1 is 1.41 bits per heavy atom. The Kier molecular flexibility index (Phi) is 6.50. The molecule has 144 valence electrons. The van der Waals surface area contributed by atoms with Crippen molar-refractivity contribution in [1.82, 2.24) is 4.98 Å². The molecular weight excluding hydrogens is 354 g/mol. The summed E-state index contributed by atoms with van der Waals surface area (Å²) >= 11 is 0. The minimum atomic E-state index is -0.929. The Hall–Kier alpha value is -3.40. The molecule has 1 unspecified atom stereocenters. The van der Waals surface area contributed by atoms with E-state index in [2.05, 4.69) is 15.6 Å². The van der Waals surface area contributed by atoms with E-state index in [1.54, 1.807) is 38.1 Å². The molecule has 10 heteroatoms. The second kappa shape index (κ2) is 8.81. The molecule has 0 fully saturated rings. The molecule has 2 aromatic rings. The van der Waals surface area contributed by atoms with Crippen LogP contribution in [0.1, 0.15) is 25.5 Å². The van der Waals surface area contributed by atoms with Gasteiger partial charge in [0, 0.05) is 6.07 Å². The number of hydrogen-bond acceptors (Lipinski definition) is 8. The van der Waals surface area contributed by atoms with Crippen molar-refractivity contribution < 1.29 is 19.6 Å². The monoisotopic (exact) mass is 375 g/mol. The van der Waals surface area contributed by atoms with E-state index in [1.807, 2.05) is 6.07 Å². The van der Waals surface area contributed by atoms with Crippen LogP contribution < -0.4 is 16.4 Å². The van der Waals surface area contributed by atoms with E-state index in [-0.39, 0.29) is 23.9 Å². The number of nitrogens with zero attached hydrogens (tertiary/aromatic N) is 2. The lowest BCUT2D eigenvalue weighted by Gasteiger charge is -2.22. The van der Waals surface area contributed by atoms with Gasteiger partial charge < -0.3 is 20.9 Å². The van der Waals surface area contributed by atoms with Crippen molar-refractivity contribution in [2.45, 2.75) is 26.0 Å². The highest BCUT2D eigenvalue weighted by Crippen LogP contribution is 2.33. The van der Waals surface area contributed by atoms with E-state index >= 15 is 0 Å². The normalized spacial score (nSPS) is 12.7. The van der Waals surface area contributed by atoms with E-state index in [0.29, 0.717) is 5.56 Å². The highest BCUT2D eigenvalue weighted by molar-refractivity contribution is 5.86. The summed E-state index contributed by atoms with van der Waals surface area (Å²) in [5.41, 5.74) is 5.90. The molecule has 1 aromatic heterocycles. The maximum atomic E-state index is 11.6. The number of nitrogen functional groups attached to an aromatic ring is 1. The molecule has 0 aliphatic rings. The van der Waals surface area contributed by atoms with Crippen molar-refractivity contribution in [1.29, 1.82) is 0 Å². The summed E-state index contributed by atoms with van der Waals surface area (Å²) in [5.74, 6) is -0.390. The predicted molar refractivity (Wildman–Crippen MR) is 100 cm³/mol. The number of benzene rings is 1. The van der Waals surface area contributed by atoms with Crippen molar-refractivity contribution in [2.24, 2.45) is 0 Å². The summed E-state index contributed by atoms with van der Waals surface area (Å²) in [5, 5.41) is 27.1. The zero-order valence-corrected chi connectivity index (χ0v) is 14.9. The zero-order chi connectivity index (χ0) is 20.0. The number of nitro groups is 1. The van der Waals surface area contributed by atoms with Crippen LogP contribution in [0.15, 0.2) is 36.4 Å². The SMILES string of the molecule is CCOC(=O)Nc1cc(N[C@@H](C)C(O)c2ccccc2)c([N+](=O)[O-])c(N)n1. The molecule has 0 aliphatic heterocycles. The standard InChI is InChI=1S/C17H21N5O5/c1-3-27-17(24)21-13-9-12(14(22(25)26)16(18)20-13)19-10(2)15(23)11-7-5-4-6-8-11/h4-10,15,23H,3H2,1-2H3,(H4,18,19,20,21,24)/t10-,15?/m0/s1. The molecular formula is C17H21N5O5. The Morgan fingerprint density at radius 3 is 2.67 bits per heavy atom. The number of aromatic nitrogens is 1. The Balaban J connectivity index is 2.30. The molecule has 2 atom stereocenters. The predicted octanol–water partition coefficient (Wildman–Crippen LogP) is 2.67. The molecule has 27 heavy (non-hydrogen) atoms. The minimum absolute atomic E-state index is 0.0135. The molecule has 0 bridgehead atoms. The van der Waals surface area contributed by atoms with E-state index in [0.717, 1.165) is 0 Å². The van der Waals surface area contributed by atoms with Crippen LogP contribution in [0.2, 0.25) is 0 Å². The first kappa shape index (κ1) is 19.9. The summed E-state index contributed by atoms with van der Waals surface area (Å²) in [6, 6.07) is 9.52. The second-order valence-electron chi connectivity index (χ2n) is 5.68. The third-order valence-corrected chi connectivity index (χ3v) is 3.71. The number of pyridine rings is 1. The number of nitrogens with one attached hydrogen (secondary N) is 2. The second-order valence-corrected chi connectivity index (χ2v) is 5.68. The first-order valence-electron chi connectivity index (χ1n) is 8.21. The summed E-state index contributed by atoms with van der Waals surface area (Å²) in [6.07, 6.45) is -1.69. The molecule has 0 saturated carbocycles. The molecule has 0 radical (unpaired) electrons. The lowest BCUT2D eigenvalue weighted by atomic mass is 10.0. The van der Waals surface area contributed by atoms with E-state index in [1.165, 1.54) is 6.07 Å². The number of aliphatic hydroxyl groups is 1. The molecule has 1 aromatic carbocycles. The molecule has 0 saturated heterocycles. The largest absolute Gasteiger partial charge is 0.450 e. The van der Waals surface area contributed by atoms with Crippen LogP contribution in [-0.2, 0) is 4.74 Å². The van der Waals surface area contributed by atoms with Crippen molar-refractivity contribution in [3.05, 3.63) is 52.1 Å². The van der Waals surface area contributed by atoms with Gasteiger partial charge in [0.1, 0.15) is 11.5 Å². The van der Waals surface area contributed by atoms with E-state index < -0.39 is 28.8 Å². The number of ether oxygens (including phenoxy) is 1. The Morgan fingerprint density at radius 2 is 2.07 bits per heavy atom. The smallest absolute Gasteiger partial charge is 0.412 e. The van der Waals surface area contributed by atoms with Gasteiger partial charge in [-0.05, 0) is 19.4 Å². The van der Waals surface area contributed by atoms with Gasteiger partial charge in [-0.2, -0.15) is 0 Å². The highest BCUT2D eigenvalue weighted by Gasteiger charge is 2.25. The number of amides is 1. The van der Waals surface area contributed by atoms with Gasteiger partial charge in [-0.3, -0.25) is 15.4 Å². The number of carbonyl (C=O) groups excluding carboxylic acids is 1. The van der Waals surface area contributed by atoms with Crippen LogP contribution in [0.3, 0.4) is 0 Å². The topological polar surface area (TPSA) is 153 Å². The van der Waals surface area contributed by atoms with Crippen LogP contribution in [0.4, 0.5) is 27.8 Å². The third kappa shape index (κ3) is 5.05. The van der Waals surface area contributed by atoms with Crippen LogP contribution in [0.5, 0.6) is 0 Å². The van der Waals surface area contributed by atoms with Crippen molar-refractivity contribution in [3.63, 3.8) is 0 Å². The highest BCUT2D eigenvalue weighted by atomic mass is 16.6. The number of rotatable bonds is 7. The first-order valence-corrected chi connectivity index (χ1v) is 8.21. The minimum Gasteiger partial charge on any atom is -0.450 e. The van der Waals surface area contributed by atoms with E-state index in [4.69, 9.17) is 10.5 Å². The van der Waals surface area contributed by atoms with Gasteiger partial charge in [0.2, 0.25) is 5.82 Å². The van der Waals surface area contributed by atoms with Crippen molar-refractivity contribution in [3.8, 4) is 0 Å². The average Bonchev–Trinajstić information content (AvgIpc) is 2.61. The lowest BCUT2D eigenvalue weighted by molar-refractivity contribution is -0.383. The van der Waals surface area contributed by atoms with Crippen molar-refractivity contribution >= 4 is 29.1 Å². The van der Waals surface area contributed by atoms with Gasteiger partial charge >= 0.3 is 11.8 Å². The number of anilines is 3. The molecule has 1 heterocycles. The summed E-state index contributed by atoms with van der Waals surface area (Å²) < 4.78 is 4.76. The molecule has 10 nitrogen and oxygen atoms in total. The third-order valence-electron chi connectivity index (χ3n) is 3.71. The summed E-state index contributed by atoms with van der Waals surface area (Å²) in [7, 11) is 0. The van der Waals surface area contributed by atoms with Gasteiger partial charge in [-0.15, -0.1) is 0 Å². The fourth-order valence-corrected chi connectivity index (χ4v) is 2.46. The fraction of sp³-hybridized carbons (Fsp3) is 0.294. The number of carbonyl (C=O) groups is 1. The number of aliphatic hydroxyl groups excluding tert-OH is 1. The van der Waals surface area contributed by atoms with Gasteiger partial charge in [-0.1, -0.05) is 30.3 Å².